The number of carbonyl (C=O) groups is 2. The minimum Gasteiger partial charge on any atom is -0.507 e. The molecule has 4 heterocycles. The van der Waals surface area contributed by atoms with Crippen molar-refractivity contribution < 1.29 is 53.4 Å². The zero-order valence-electron chi connectivity index (χ0n) is 41.4. The first-order valence-corrected chi connectivity index (χ1v) is 23.7. The van der Waals surface area contributed by atoms with Crippen LogP contribution < -0.4 is 31.0 Å². The minimum atomic E-state index is -1.99. The smallest absolute Gasteiger partial charge is 0.307 e. The topological polar surface area (TPSA) is 231 Å². The SMILES string of the molecule is CCCN1CC(C)N(c2cc(=O)c3nc4c(oc3c2)c2c(=O)c3c(O)c(C)c5c(c34)=C(O)[C@@](C)(O/C=C\[C@H](OC)[C@@H](C)[C@@H](OC(C)=O)[C@H](C)[C@H](O)[C@H](C)[C@@H](O)[C@@H](C)/C=C\C=C(\C)C(=O)N2)O5)CC1C. The zero-order chi connectivity index (χ0) is 50.5. The highest BCUT2D eigenvalue weighted by molar-refractivity contribution is 6.16. The number of phenolic OH excluding ortho intramolecular Hbond substituents is 1. The molecule has 4 aromatic rings. The predicted molar refractivity (Wildman–Crippen MR) is 263 cm³/mol. The number of allylic oxidation sites excluding steroid dienone is 2. The molecule has 0 radical (unpaired) electrons. The monoisotopic (exact) mass is 954 g/mol. The first-order chi connectivity index (χ1) is 32.5. The molecular weight excluding hydrogens is 889 g/mol. The average Bonchev–Trinajstić information content (AvgIpc) is 3.57. The molecule has 3 aliphatic heterocycles. The quantitative estimate of drug-likeness (QED) is 0.0895. The Morgan fingerprint density at radius 2 is 1.65 bits per heavy atom. The van der Waals surface area contributed by atoms with E-state index in [4.69, 9.17) is 28.3 Å². The van der Waals surface area contributed by atoms with Crippen molar-refractivity contribution in [3.05, 3.63) is 79.5 Å². The number of fused-ring (bicyclic) bond motifs is 5. The zero-order valence-corrected chi connectivity index (χ0v) is 41.4. The number of aromatic nitrogens is 1. The van der Waals surface area contributed by atoms with E-state index in [0.29, 0.717) is 12.2 Å². The van der Waals surface area contributed by atoms with Gasteiger partial charge in [0.2, 0.25) is 10.9 Å². The number of benzene rings is 3. The van der Waals surface area contributed by atoms with E-state index in [-0.39, 0.29) is 72.8 Å². The molecule has 69 heavy (non-hydrogen) atoms. The van der Waals surface area contributed by atoms with Crippen molar-refractivity contribution in [2.45, 2.75) is 125 Å². The van der Waals surface area contributed by atoms with Crippen LogP contribution in [0.15, 0.2) is 62.3 Å². The molecule has 0 saturated carbocycles. The summed E-state index contributed by atoms with van der Waals surface area (Å²) in [5.74, 6) is -6.94. The number of nitrogens with zero attached hydrogens (tertiary/aromatic N) is 3. The number of nitrogens with one attached hydrogen (secondary N) is 1. The van der Waals surface area contributed by atoms with Crippen LogP contribution in [0.5, 0.6) is 11.5 Å². The second kappa shape index (κ2) is 19.8. The molecule has 0 aliphatic carbocycles. The summed E-state index contributed by atoms with van der Waals surface area (Å²) in [7, 11) is 1.45. The highest BCUT2D eigenvalue weighted by Crippen LogP contribution is 2.42. The summed E-state index contributed by atoms with van der Waals surface area (Å²) in [5.41, 5.74) is -1.37. The Morgan fingerprint density at radius 3 is 2.32 bits per heavy atom. The average molecular weight is 955 g/mol. The van der Waals surface area contributed by atoms with Crippen LogP contribution in [-0.4, -0.2) is 111 Å². The Kier molecular flexibility index (Phi) is 14.6. The largest absolute Gasteiger partial charge is 0.507 e. The highest BCUT2D eigenvalue weighted by atomic mass is 16.7. The lowest BCUT2D eigenvalue weighted by molar-refractivity contribution is -0.160. The normalized spacial score (nSPS) is 31.3. The second-order valence-corrected chi connectivity index (χ2v) is 19.4. The molecule has 5 N–H and O–H groups in total. The van der Waals surface area contributed by atoms with Gasteiger partial charge in [0.15, 0.2) is 22.4 Å². The Morgan fingerprint density at radius 1 is 0.942 bits per heavy atom. The van der Waals surface area contributed by atoms with Gasteiger partial charge in [-0.2, -0.15) is 0 Å². The van der Waals surface area contributed by atoms with E-state index in [9.17, 15) is 39.6 Å². The maximum absolute atomic E-state index is 14.9. The summed E-state index contributed by atoms with van der Waals surface area (Å²) < 4.78 is 30.6. The maximum Gasteiger partial charge on any atom is 0.307 e. The number of hydrogen-bond acceptors (Lipinski definition) is 16. The number of carbonyl (C=O) groups excluding carboxylic acids is 2. The number of aliphatic hydroxyl groups excluding tert-OH is 3. The molecule has 1 amide bonds. The van der Waals surface area contributed by atoms with Gasteiger partial charge >= 0.3 is 11.8 Å². The third-order valence-electron chi connectivity index (χ3n) is 14.4. The van der Waals surface area contributed by atoms with Crippen LogP contribution in [0.2, 0.25) is 0 Å². The predicted octanol–water partition coefficient (Wildman–Crippen LogP) is 5.87. The van der Waals surface area contributed by atoms with Gasteiger partial charge in [0.25, 0.3) is 5.91 Å². The third-order valence-corrected chi connectivity index (χ3v) is 14.4. The number of methoxy groups -OCH3 is 1. The van der Waals surface area contributed by atoms with Crippen molar-refractivity contribution in [2.24, 2.45) is 23.7 Å². The summed E-state index contributed by atoms with van der Waals surface area (Å²) in [6.45, 7) is 21.3. The Bertz CT molecular complexity index is 2950. The Hall–Kier alpha value is -6.01. The van der Waals surface area contributed by atoms with Crippen molar-refractivity contribution in [3.63, 3.8) is 0 Å². The van der Waals surface area contributed by atoms with Gasteiger partial charge in [0, 0.05) is 104 Å². The number of ether oxygens (including phenoxy) is 4. The van der Waals surface area contributed by atoms with Crippen LogP contribution >= 0.6 is 0 Å². The molecule has 1 aromatic heterocycles. The molecule has 372 valence electrons. The molecule has 17 heteroatoms. The molecule has 3 aliphatic rings. The molecular formula is C52H66N4O13. The van der Waals surface area contributed by atoms with E-state index < -0.39 is 88.1 Å². The summed E-state index contributed by atoms with van der Waals surface area (Å²) in [6, 6.07) is 3.42. The number of hydrogen-bond donors (Lipinski definition) is 5. The van der Waals surface area contributed by atoms with E-state index in [0.717, 1.165) is 19.5 Å². The minimum absolute atomic E-state index is 0.0355. The lowest BCUT2D eigenvalue weighted by Crippen LogP contribution is -2.56. The van der Waals surface area contributed by atoms with Crippen molar-refractivity contribution in [2.75, 3.05) is 37.0 Å². The molecule has 1 saturated heterocycles. The van der Waals surface area contributed by atoms with Gasteiger partial charge in [-0.25, -0.2) is 4.98 Å². The number of esters is 1. The van der Waals surface area contributed by atoms with Crippen LogP contribution in [0.3, 0.4) is 0 Å². The van der Waals surface area contributed by atoms with E-state index in [2.05, 4.69) is 35.9 Å². The van der Waals surface area contributed by atoms with Gasteiger partial charge in [-0.15, -0.1) is 0 Å². The number of amides is 1. The number of phenols is 1. The molecule has 17 nitrogen and oxygen atoms in total. The number of aliphatic hydroxyl groups is 3. The summed E-state index contributed by atoms with van der Waals surface area (Å²) >= 11 is 0. The highest BCUT2D eigenvalue weighted by Gasteiger charge is 2.44. The van der Waals surface area contributed by atoms with Crippen molar-refractivity contribution in [1.29, 1.82) is 0 Å². The van der Waals surface area contributed by atoms with Gasteiger partial charge in [0.05, 0.1) is 35.2 Å². The van der Waals surface area contributed by atoms with Gasteiger partial charge in [0.1, 0.15) is 28.8 Å². The van der Waals surface area contributed by atoms with Crippen LogP contribution in [0.4, 0.5) is 11.4 Å². The third kappa shape index (κ3) is 9.29. The fraction of sp³-hybridized carbons (Fsp3) is 0.519. The number of aromatic hydroxyl groups is 1. The van der Waals surface area contributed by atoms with Gasteiger partial charge < -0.3 is 54.0 Å². The van der Waals surface area contributed by atoms with Crippen molar-refractivity contribution in [1.82, 2.24) is 9.88 Å². The lowest BCUT2D eigenvalue weighted by Gasteiger charge is -2.45. The molecule has 11 atom stereocenters. The van der Waals surface area contributed by atoms with E-state index in [1.54, 1.807) is 45.9 Å². The van der Waals surface area contributed by atoms with Crippen LogP contribution in [0, 0.1) is 30.6 Å². The summed E-state index contributed by atoms with van der Waals surface area (Å²) in [6.07, 6.45) is 4.57. The van der Waals surface area contributed by atoms with Gasteiger partial charge in [-0.05, 0) is 46.7 Å². The second-order valence-electron chi connectivity index (χ2n) is 19.4. The number of piperazine rings is 1. The fourth-order valence-electron chi connectivity index (χ4n) is 10.2. The molecule has 1 fully saturated rings. The maximum atomic E-state index is 14.9. The number of anilines is 2. The summed E-state index contributed by atoms with van der Waals surface area (Å²) in [5, 5.41) is 49.4. The lowest BCUT2D eigenvalue weighted by atomic mass is 9.78. The van der Waals surface area contributed by atoms with E-state index >= 15 is 0 Å². The molecule has 2 unspecified atom stereocenters. The molecule has 0 spiro atoms. The molecule has 7 rings (SSSR count). The van der Waals surface area contributed by atoms with Crippen molar-refractivity contribution >= 4 is 62.0 Å². The fourth-order valence-corrected chi connectivity index (χ4v) is 10.2. The van der Waals surface area contributed by atoms with E-state index in [1.807, 2.05) is 0 Å². The summed E-state index contributed by atoms with van der Waals surface area (Å²) in [4.78, 5) is 65.1. The Labute approximate surface area is 400 Å². The van der Waals surface area contributed by atoms with Gasteiger partial charge in [-0.3, -0.25) is 24.1 Å². The van der Waals surface area contributed by atoms with Gasteiger partial charge in [-0.1, -0.05) is 52.8 Å². The van der Waals surface area contributed by atoms with Crippen LogP contribution in [0.1, 0.15) is 81.2 Å². The van der Waals surface area contributed by atoms with Crippen LogP contribution in [0.25, 0.3) is 38.7 Å². The first kappa shape index (κ1) is 50.9. The van der Waals surface area contributed by atoms with E-state index in [1.165, 1.54) is 59.3 Å². The Balaban J connectivity index is 1.48. The number of rotatable bonds is 5. The molecule has 3 aromatic carbocycles. The van der Waals surface area contributed by atoms with Crippen molar-refractivity contribution in [3.8, 4) is 11.5 Å². The standard InChI is InChI=1S/C52H66N4O13/c1-13-18-55-22-27(5)56(23-26(55)4)33-20-34(58)40-36(21-33)68-49-41(53-40)37-38-45(61)31(9)48-39(37)50(63)52(11,69-48)66-19-17-35(65-12)28(6)47(67-32(10)57)30(8)44(60)29(7)43(59)24(2)15-14-16-25(3)51(64)54-42(49)46(38)62/h14-17,19-21,24,26-30,35,43-44,47,59-61,63H,13,18,22-23H2,1-12H3,(H,54,64)/b15-14-,19-17-,25-16-/t24-,26?,27?,28+,29+,30+,35-,43-,44+,47+,52-/m0/s1. The first-order valence-electron chi connectivity index (χ1n) is 23.7. The van der Waals surface area contributed by atoms with Crippen LogP contribution in [-0.2, 0) is 23.8 Å². The molecule has 5 bridgehead atoms.